The van der Waals surface area contributed by atoms with E-state index >= 15 is 0 Å². The number of hydrogen-bond acceptors (Lipinski definition) is 4. The third-order valence-corrected chi connectivity index (χ3v) is 4.54. The lowest BCUT2D eigenvalue weighted by Crippen LogP contribution is -2.21. The quantitative estimate of drug-likeness (QED) is 0.362. The molecule has 10 heteroatoms. The van der Waals surface area contributed by atoms with Gasteiger partial charge in [0.15, 0.2) is 0 Å². The van der Waals surface area contributed by atoms with Crippen molar-refractivity contribution in [3.8, 4) is 0 Å². The van der Waals surface area contributed by atoms with Crippen LogP contribution in [0.4, 0.5) is 28.1 Å². The van der Waals surface area contributed by atoms with Crippen LogP contribution in [-0.4, -0.2) is 33.4 Å². The molecule has 0 fully saturated rings. The van der Waals surface area contributed by atoms with Crippen molar-refractivity contribution in [1.29, 1.82) is 0 Å². The van der Waals surface area contributed by atoms with Gasteiger partial charge >= 0.3 is 17.2 Å². The minimum Gasteiger partial charge on any atom is -0.418 e. The Bertz CT molecular complexity index is 614. The molecule has 0 N–H and O–H groups in total. The smallest absolute Gasteiger partial charge is 0.418 e. The maximum atomic E-state index is 9.75. The number of para-hydroxylation sites is 1. The first-order valence-electron chi connectivity index (χ1n) is 5.82. The number of anilines is 2. The van der Waals surface area contributed by atoms with E-state index in [4.69, 9.17) is 0 Å². The highest BCUT2D eigenvalue weighted by Gasteiger charge is 2.20. The molecule has 3 nitrogen and oxygen atoms in total. The van der Waals surface area contributed by atoms with Crippen LogP contribution in [0.25, 0.3) is 0 Å². The maximum Gasteiger partial charge on any atom is 0.673 e. The zero-order valence-corrected chi connectivity index (χ0v) is 13.3. The number of aromatic nitrogens is 1. The standard InChI is InChI=1S/C11H14N3S2.BF4/c1-13(2)10-12-11(16-15-10)14(3)9-7-5-4-6-8-9;2-1(3,4)5/h4-8H,1-3H3;/q+1;-1. The molecule has 0 saturated heterocycles. The van der Waals surface area contributed by atoms with Gasteiger partial charge in [-0.15, -0.1) is 0 Å². The van der Waals surface area contributed by atoms with E-state index in [1.54, 1.807) is 20.7 Å². The summed E-state index contributed by atoms with van der Waals surface area (Å²) in [6.45, 7) is 0. The van der Waals surface area contributed by atoms with E-state index in [1.807, 2.05) is 43.9 Å². The first kappa shape index (κ1) is 17.6. The lowest BCUT2D eigenvalue weighted by atomic mass is 10.3. The average molecular weight is 339 g/mol. The van der Waals surface area contributed by atoms with Crippen molar-refractivity contribution in [3.63, 3.8) is 0 Å². The normalized spacial score (nSPS) is 10.6. The molecule has 1 heterocycles. The Labute approximate surface area is 127 Å². The summed E-state index contributed by atoms with van der Waals surface area (Å²) in [7, 11) is 3.46. The van der Waals surface area contributed by atoms with Gasteiger partial charge in [0, 0.05) is 28.1 Å². The van der Waals surface area contributed by atoms with Gasteiger partial charge < -0.3 is 17.3 Å². The number of hydrogen-bond donors (Lipinski definition) is 0. The number of halogens is 4. The van der Waals surface area contributed by atoms with Crippen LogP contribution in [0.3, 0.4) is 0 Å². The molecule has 0 bridgehead atoms. The predicted octanol–water partition coefficient (Wildman–Crippen LogP) is 3.30. The minimum atomic E-state index is -6.00. The van der Waals surface area contributed by atoms with Crippen LogP contribution < -0.4 is 14.3 Å². The Morgan fingerprint density at radius 3 is 2.00 bits per heavy atom. The molecule has 0 saturated carbocycles. The first-order chi connectivity index (χ1) is 9.68. The second kappa shape index (κ2) is 7.55. The fourth-order valence-corrected chi connectivity index (χ4v) is 3.54. The van der Waals surface area contributed by atoms with Gasteiger partial charge in [0.2, 0.25) is 0 Å². The molecule has 116 valence electrons. The maximum absolute atomic E-state index is 9.75. The molecule has 0 aliphatic carbocycles. The van der Waals surface area contributed by atoms with Crippen molar-refractivity contribution in [3.05, 3.63) is 35.1 Å². The predicted molar refractivity (Wildman–Crippen MR) is 81.8 cm³/mol. The molecule has 1 aromatic heterocycles. The molecule has 0 aliphatic heterocycles. The molecule has 21 heavy (non-hydrogen) atoms. The topological polar surface area (TPSA) is 19.1 Å². The summed E-state index contributed by atoms with van der Waals surface area (Å²) in [6.07, 6.45) is 0. The Hall–Kier alpha value is -1.42. The number of nitrogens with zero attached hydrogens (tertiary/aromatic N) is 3. The molecule has 2 aromatic rings. The zero-order valence-electron chi connectivity index (χ0n) is 11.6. The van der Waals surface area contributed by atoms with Gasteiger partial charge in [-0.3, -0.25) is 9.48 Å². The summed E-state index contributed by atoms with van der Waals surface area (Å²) >= 11 is 0. The Morgan fingerprint density at radius 2 is 1.57 bits per heavy atom. The van der Waals surface area contributed by atoms with Crippen LogP contribution in [0, 0.1) is 0 Å². The Morgan fingerprint density at radius 1 is 1.05 bits per heavy atom. The second-order valence-electron chi connectivity index (χ2n) is 4.13. The average Bonchev–Trinajstić information content (AvgIpc) is 2.86. The lowest BCUT2D eigenvalue weighted by molar-refractivity contribution is 0.368. The fourth-order valence-electron chi connectivity index (χ4n) is 1.26. The van der Waals surface area contributed by atoms with Crippen molar-refractivity contribution < 1.29 is 17.3 Å². The first-order valence-corrected chi connectivity index (χ1v) is 7.97. The molecule has 1 aromatic carbocycles. The second-order valence-corrected chi connectivity index (χ2v) is 6.19. The number of benzene rings is 1. The van der Waals surface area contributed by atoms with Gasteiger partial charge in [-0.2, -0.15) is 0 Å². The van der Waals surface area contributed by atoms with E-state index in [0.717, 1.165) is 15.6 Å². The van der Waals surface area contributed by atoms with Gasteiger partial charge in [-0.05, 0) is 22.5 Å². The molecule has 0 spiro atoms. The molecule has 0 amide bonds. The molecular formula is C11H14BF4N3S2. The molecule has 0 aliphatic rings. The zero-order chi connectivity index (χ0) is 16.0. The largest absolute Gasteiger partial charge is 0.673 e. The van der Waals surface area contributed by atoms with Gasteiger partial charge in [0.1, 0.15) is 0 Å². The summed E-state index contributed by atoms with van der Waals surface area (Å²) < 4.78 is 41.0. The van der Waals surface area contributed by atoms with E-state index in [2.05, 4.69) is 22.0 Å². The SMILES string of the molecule is CN(c1ccccc1)c1nc(=[N+](C)C)ss1.F[B-](F)(F)F. The van der Waals surface area contributed by atoms with Crippen molar-refractivity contribution in [1.82, 2.24) is 9.56 Å². The van der Waals surface area contributed by atoms with Crippen LogP contribution in [0.15, 0.2) is 30.3 Å². The van der Waals surface area contributed by atoms with E-state index in [9.17, 15) is 17.3 Å². The summed E-state index contributed by atoms with van der Waals surface area (Å²) in [6, 6.07) is 10.3. The highest BCUT2D eigenvalue weighted by Crippen LogP contribution is 2.25. The van der Waals surface area contributed by atoms with Gasteiger partial charge in [0.05, 0.1) is 14.1 Å². The lowest BCUT2D eigenvalue weighted by Gasteiger charge is -2.11. The van der Waals surface area contributed by atoms with Crippen molar-refractivity contribution >= 4 is 38.8 Å². The molecule has 0 unspecified atom stereocenters. The molecule has 0 atom stereocenters. The van der Waals surface area contributed by atoms with Gasteiger partial charge in [0.25, 0.3) is 0 Å². The van der Waals surface area contributed by atoms with Crippen LogP contribution in [0.1, 0.15) is 0 Å². The highest BCUT2D eigenvalue weighted by atomic mass is 32.9. The van der Waals surface area contributed by atoms with Crippen LogP contribution >= 0.6 is 20.7 Å². The third-order valence-electron chi connectivity index (χ3n) is 2.20. The van der Waals surface area contributed by atoms with Gasteiger partial charge in [-0.1, -0.05) is 18.2 Å². The van der Waals surface area contributed by atoms with Crippen molar-refractivity contribution in [2.75, 3.05) is 26.0 Å². The Kier molecular flexibility index (Phi) is 6.34. The summed E-state index contributed by atoms with van der Waals surface area (Å²) in [5, 5.41) is 1.03. The number of rotatable bonds is 2. The van der Waals surface area contributed by atoms with Crippen LogP contribution in [0.2, 0.25) is 0 Å². The molecule has 0 radical (unpaired) electrons. The van der Waals surface area contributed by atoms with E-state index < -0.39 is 7.25 Å². The van der Waals surface area contributed by atoms with Crippen LogP contribution in [-0.2, 0) is 0 Å². The molecular weight excluding hydrogens is 325 g/mol. The highest BCUT2D eigenvalue weighted by molar-refractivity contribution is 7.69. The Balaban J connectivity index is 0.000000383. The van der Waals surface area contributed by atoms with Crippen molar-refractivity contribution in [2.45, 2.75) is 0 Å². The van der Waals surface area contributed by atoms with E-state index in [0.29, 0.717) is 0 Å². The monoisotopic (exact) mass is 339 g/mol. The molecule has 2 rings (SSSR count). The van der Waals surface area contributed by atoms with Crippen molar-refractivity contribution in [2.24, 2.45) is 0 Å². The summed E-state index contributed by atoms with van der Waals surface area (Å²) in [4.78, 5) is 7.72. The van der Waals surface area contributed by atoms with Gasteiger partial charge in [-0.25, -0.2) is 0 Å². The fraction of sp³-hybridized carbons (Fsp3) is 0.273. The summed E-state index contributed by atoms with van der Waals surface area (Å²) in [5.41, 5.74) is 1.16. The van der Waals surface area contributed by atoms with E-state index in [1.165, 1.54) is 0 Å². The third kappa shape index (κ3) is 6.72. The van der Waals surface area contributed by atoms with Crippen LogP contribution in [0.5, 0.6) is 0 Å². The minimum absolute atomic E-state index is 1.03. The van der Waals surface area contributed by atoms with E-state index in [-0.39, 0.29) is 0 Å². The summed E-state index contributed by atoms with van der Waals surface area (Å²) in [5.74, 6) is 0.